The van der Waals surface area contributed by atoms with E-state index in [2.05, 4.69) is 20.8 Å². The van der Waals surface area contributed by atoms with Gasteiger partial charge in [0.2, 0.25) is 10.0 Å². The van der Waals surface area contributed by atoms with Crippen molar-refractivity contribution in [2.75, 3.05) is 33.2 Å². The molecule has 2 N–H and O–H groups in total. The highest BCUT2D eigenvalue weighted by Crippen LogP contribution is 2.30. The van der Waals surface area contributed by atoms with Crippen molar-refractivity contribution in [2.24, 2.45) is 5.73 Å². The largest absolute Gasteiger partial charge is 0.326 e. The lowest BCUT2D eigenvalue weighted by molar-refractivity contribution is 0.347. The van der Waals surface area contributed by atoms with E-state index >= 15 is 0 Å². The van der Waals surface area contributed by atoms with Gasteiger partial charge in [-0.25, -0.2) is 8.42 Å². The molecule has 1 fully saturated rings. The van der Waals surface area contributed by atoms with Crippen molar-refractivity contribution in [1.29, 1.82) is 0 Å². The second-order valence-corrected chi connectivity index (χ2v) is 8.19. The minimum Gasteiger partial charge on any atom is -0.326 e. The fourth-order valence-corrected chi connectivity index (χ4v) is 5.02. The van der Waals surface area contributed by atoms with Crippen LogP contribution in [0.3, 0.4) is 0 Å². The van der Waals surface area contributed by atoms with Gasteiger partial charge in [-0.2, -0.15) is 4.31 Å². The SMILES string of the molecule is Cc1cc(CN)cc(S(=O)(=O)N2CCCN(C)CC2)c1Br. The van der Waals surface area contributed by atoms with Crippen LogP contribution in [0.25, 0.3) is 0 Å². The van der Waals surface area contributed by atoms with Gasteiger partial charge in [0, 0.05) is 30.7 Å². The molecule has 0 spiro atoms. The van der Waals surface area contributed by atoms with Gasteiger partial charge in [-0.05, 0) is 60.1 Å². The first-order valence-corrected chi connectivity index (χ1v) is 9.27. The summed E-state index contributed by atoms with van der Waals surface area (Å²) in [6, 6.07) is 3.60. The summed E-state index contributed by atoms with van der Waals surface area (Å²) in [5.74, 6) is 0. The summed E-state index contributed by atoms with van der Waals surface area (Å²) < 4.78 is 28.1. The van der Waals surface area contributed by atoms with Crippen LogP contribution >= 0.6 is 15.9 Å². The third kappa shape index (κ3) is 3.65. The number of nitrogens with two attached hydrogens (primary N) is 1. The molecule has 0 amide bonds. The van der Waals surface area contributed by atoms with E-state index in [0.717, 1.165) is 30.6 Å². The minimum atomic E-state index is -3.49. The molecule has 1 aliphatic rings. The zero-order valence-electron chi connectivity index (χ0n) is 12.5. The van der Waals surface area contributed by atoms with Crippen LogP contribution in [0.2, 0.25) is 0 Å². The monoisotopic (exact) mass is 375 g/mol. The Morgan fingerprint density at radius 1 is 1.24 bits per heavy atom. The van der Waals surface area contributed by atoms with Crippen molar-refractivity contribution < 1.29 is 8.42 Å². The van der Waals surface area contributed by atoms with Crippen LogP contribution < -0.4 is 5.73 Å². The van der Waals surface area contributed by atoms with E-state index in [1.54, 1.807) is 10.4 Å². The highest BCUT2D eigenvalue weighted by molar-refractivity contribution is 9.10. The summed E-state index contributed by atoms with van der Waals surface area (Å²) in [5.41, 5.74) is 7.40. The van der Waals surface area contributed by atoms with Crippen LogP contribution in [0.5, 0.6) is 0 Å². The first-order valence-electron chi connectivity index (χ1n) is 7.04. The smallest absolute Gasteiger partial charge is 0.244 e. The second kappa shape index (κ2) is 6.75. The predicted molar refractivity (Wildman–Crippen MR) is 87.6 cm³/mol. The molecule has 5 nitrogen and oxygen atoms in total. The molecule has 1 saturated heterocycles. The minimum absolute atomic E-state index is 0.326. The fourth-order valence-electron chi connectivity index (χ4n) is 2.52. The first kappa shape index (κ1) is 16.9. The maximum atomic E-state index is 12.9. The Labute approximate surface area is 135 Å². The van der Waals surface area contributed by atoms with Crippen LogP contribution in [0.15, 0.2) is 21.5 Å². The summed E-state index contributed by atoms with van der Waals surface area (Å²) in [7, 11) is -1.47. The number of benzene rings is 1. The lowest BCUT2D eigenvalue weighted by atomic mass is 10.1. The van der Waals surface area contributed by atoms with Gasteiger partial charge in [-0.1, -0.05) is 6.07 Å². The van der Waals surface area contributed by atoms with Crippen molar-refractivity contribution in [3.8, 4) is 0 Å². The first-order chi connectivity index (χ1) is 9.86. The van der Waals surface area contributed by atoms with E-state index in [0.29, 0.717) is 29.0 Å². The molecule has 1 heterocycles. The Morgan fingerprint density at radius 2 is 1.95 bits per heavy atom. The molecular weight excluding hydrogens is 354 g/mol. The van der Waals surface area contributed by atoms with Crippen LogP contribution in [0, 0.1) is 6.92 Å². The molecule has 0 aromatic heterocycles. The van der Waals surface area contributed by atoms with E-state index in [1.165, 1.54) is 0 Å². The van der Waals surface area contributed by atoms with Crippen LogP contribution in [0.4, 0.5) is 0 Å². The standard InChI is InChI=1S/C14H22BrN3O2S/c1-11-8-12(10-16)9-13(14(11)15)21(19,20)18-5-3-4-17(2)6-7-18/h8-9H,3-7,10,16H2,1-2H3. The molecule has 0 aliphatic carbocycles. The third-order valence-electron chi connectivity index (χ3n) is 3.81. The van der Waals surface area contributed by atoms with Gasteiger partial charge in [0.15, 0.2) is 0 Å². The van der Waals surface area contributed by atoms with Crippen molar-refractivity contribution in [2.45, 2.75) is 24.8 Å². The Bertz CT molecular complexity index is 619. The molecule has 0 unspecified atom stereocenters. The number of aryl methyl sites for hydroxylation is 1. The molecule has 1 aliphatic heterocycles. The summed E-state index contributed by atoms with van der Waals surface area (Å²) in [6.07, 6.45) is 0.850. The number of likely N-dealkylation sites (N-methyl/N-ethyl adjacent to an activating group) is 1. The quantitative estimate of drug-likeness (QED) is 0.869. The number of hydrogen-bond acceptors (Lipinski definition) is 4. The maximum Gasteiger partial charge on any atom is 0.244 e. The molecule has 0 saturated carbocycles. The van der Waals surface area contributed by atoms with E-state index in [-0.39, 0.29) is 0 Å². The molecule has 0 atom stereocenters. The van der Waals surface area contributed by atoms with Crippen molar-refractivity contribution in [3.63, 3.8) is 0 Å². The van der Waals surface area contributed by atoms with E-state index < -0.39 is 10.0 Å². The van der Waals surface area contributed by atoms with Gasteiger partial charge >= 0.3 is 0 Å². The highest BCUT2D eigenvalue weighted by atomic mass is 79.9. The molecule has 1 aromatic rings. The Morgan fingerprint density at radius 3 is 2.62 bits per heavy atom. The number of hydrogen-bond donors (Lipinski definition) is 1. The Kier molecular flexibility index (Phi) is 5.43. The number of rotatable bonds is 3. The van der Waals surface area contributed by atoms with E-state index in [1.807, 2.05) is 20.0 Å². The van der Waals surface area contributed by atoms with Crippen LogP contribution in [-0.2, 0) is 16.6 Å². The highest BCUT2D eigenvalue weighted by Gasteiger charge is 2.28. The molecule has 2 rings (SSSR count). The summed E-state index contributed by atoms with van der Waals surface area (Å²) >= 11 is 3.42. The number of nitrogens with zero attached hydrogens (tertiary/aromatic N) is 2. The molecule has 0 bridgehead atoms. The number of halogens is 1. The summed E-state index contributed by atoms with van der Waals surface area (Å²) in [5, 5.41) is 0. The molecule has 21 heavy (non-hydrogen) atoms. The second-order valence-electron chi connectivity index (χ2n) is 5.49. The van der Waals surface area contributed by atoms with Crippen molar-refractivity contribution in [1.82, 2.24) is 9.21 Å². The lowest BCUT2D eigenvalue weighted by Crippen LogP contribution is -2.34. The molecule has 0 radical (unpaired) electrons. The topological polar surface area (TPSA) is 66.6 Å². The third-order valence-corrected chi connectivity index (χ3v) is 7.05. The van der Waals surface area contributed by atoms with Gasteiger partial charge in [0.25, 0.3) is 0 Å². The van der Waals surface area contributed by atoms with Gasteiger partial charge in [-0.3, -0.25) is 0 Å². The molecule has 7 heteroatoms. The van der Waals surface area contributed by atoms with E-state index in [9.17, 15) is 8.42 Å². The lowest BCUT2D eigenvalue weighted by Gasteiger charge is -2.22. The average molecular weight is 376 g/mol. The molecule has 118 valence electrons. The Hall–Kier alpha value is -0.470. The predicted octanol–water partition coefficient (Wildman–Crippen LogP) is 1.54. The van der Waals surface area contributed by atoms with Crippen LogP contribution in [-0.4, -0.2) is 50.8 Å². The van der Waals surface area contributed by atoms with Crippen LogP contribution in [0.1, 0.15) is 17.5 Å². The summed E-state index contributed by atoms with van der Waals surface area (Å²) in [6.45, 7) is 4.99. The van der Waals surface area contributed by atoms with Gasteiger partial charge in [-0.15, -0.1) is 0 Å². The fraction of sp³-hybridized carbons (Fsp3) is 0.571. The van der Waals surface area contributed by atoms with Crippen molar-refractivity contribution in [3.05, 3.63) is 27.7 Å². The summed E-state index contributed by atoms with van der Waals surface area (Å²) in [4.78, 5) is 2.49. The maximum absolute atomic E-state index is 12.9. The molecular formula is C14H22BrN3O2S. The zero-order chi connectivity index (χ0) is 15.6. The average Bonchev–Trinajstić information content (AvgIpc) is 2.66. The Balaban J connectivity index is 2.41. The number of sulfonamides is 1. The normalized spacial score (nSPS) is 18.7. The zero-order valence-corrected chi connectivity index (χ0v) is 14.9. The van der Waals surface area contributed by atoms with Gasteiger partial charge in [0.1, 0.15) is 0 Å². The van der Waals surface area contributed by atoms with Gasteiger partial charge in [0.05, 0.1) is 4.90 Å². The molecule has 1 aromatic carbocycles. The van der Waals surface area contributed by atoms with Gasteiger partial charge < -0.3 is 10.6 Å². The van der Waals surface area contributed by atoms with Crippen molar-refractivity contribution >= 4 is 26.0 Å². The van der Waals surface area contributed by atoms with E-state index in [4.69, 9.17) is 5.73 Å².